The lowest BCUT2D eigenvalue weighted by atomic mass is 10.1. The van der Waals surface area contributed by atoms with Crippen molar-refractivity contribution in [2.45, 2.75) is 6.10 Å². The van der Waals surface area contributed by atoms with Gasteiger partial charge in [0.15, 0.2) is 0 Å². The molecule has 1 aromatic rings. The molecule has 0 aliphatic heterocycles. The second-order valence-corrected chi connectivity index (χ2v) is 3.57. The van der Waals surface area contributed by atoms with E-state index in [2.05, 4.69) is 21.2 Å². The van der Waals surface area contributed by atoms with Crippen LogP contribution >= 0.6 is 15.9 Å². The zero-order valence-corrected chi connectivity index (χ0v) is 9.50. The van der Waals surface area contributed by atoms with Gasteiger partial charge in [0.1, 0.15) is 5.82 Å². The van der Waals surface area contributed by atoms with Gasteiger partial charge in [-0.15, -0.1) is 0 Å². The Morgan fingerprint density at radius 3 is 2.93 bits per heavy atom. The van der Waals surface area contributed by atoms with Crippen molar-refractivity contribution in [3.8, 4) is 0 Å². The number of rotatable bonds is 4. The first-order valence-electron chi connectivity index (χ1n) is 4.39. The highest BCUT2D eigenvalue weighted by Gasteiger charge is 2.09. The van der Waals surface area contributed by atoms with Gasteiger partial charge in [-0.3, -0.25) is 4.79 Å². The maximum absolute atomic E-state index is 12.8. The fourth-order valence-electron chi connectivity index (χ4n) is 1.09. The summed E-state index contributed by atoms with van der Waals surface area (Å²) in [4.78, 5) is 10.9. The van der Waals surface area contributed by atoms with E-state index < -0.39 is 11.9 Å². The number of alkyl halides is 1. The van der Waals surface area contributed by atoms with Crippen molar-refractivity contribution in [2.75, 3.05) is 11.9 Å². The molecular formula is C10H11BrFNO2. The van der Waals surface area contributed by atoms with Crippen LogP contribution < -0.4 is 5.32 Å². The number of aliphatic hydroxyl groups is 1. The lowest BCUT2D eigenvalue weighted by Crippen LogP contribution is -2.29. The van der Waals surface area contributed by atoms with Crippen LogP contribution in [-0.2, 0) is 4.79 Å². The molecule has 0 aromatic heterocycles. The van der Waals surface area contributed by atoms with Gasteiger partial charge < -0.3 is 10.4 Å². The molecule has 0 unspecified atom stereocenters. The zero-order chi connectivity index (χ0) is 11.3. The van der Waals surface area contributed by atoms with Gasteiger partial charge in [-0.1, -0.05) is 28.1 Å². The summed E-state index contributed by atoms with van der Waals surface area (Å²) in [6, 6.07) is 5.66. The van der Waals surface area contributed by atoms with Gasteiger partial charge in [0.25, 0.3) is 0 Å². The van der Waals surface area contributed by atoms with Crippen LogP contribution in [0, 0.1) is 5.82 Å². The van der Waals surface area contributed by atoms with Gasteiger partial charge in [-0.05, 0) is 17.7 Å². The molecule has 0 radical (unpaired) electrons. The van der Waals surface area contributed by atoms with Gasteiger partial charge in [0, 0.05) is 6.54 Å². The molecule has 0 fully saturated rings. The summed E-state index contributed by atoms with van der Waals surface area (Å²) in [6.45, 7) is 0.0773. The molecule has 5 heteroatoms. The molecular weight excluding hydrogens is 265 g/mol. The van der Waals surface area contributed by atoms with Crippen LogP contribution in [-0.4, -0.2) is 22.9 Å². The minimum Gasteiger partial charge on any atom is -0.387 e. The van der Waals surface area contributed by atoms with Crippen molar-refractivity contribution in [1.82, 2.24) is 5.32 Å². The van der Waals surface area contributed by atoms with E-state index in [1.807, 2.05) is 0 Å². The first-order valence-corrected chi connectivity index (χ1v) is 5.52. The van der Waals surface area contributed by atoms with Gasteiger partial charge in [0.05, 0.1) is 11.4 Å². The van der Waals surface area contributed by atoms with E-state index in [1.54, 1.807) is 6.07 Å². The van der Waals surface area contributed by atoms with E-state index in [4.69, 9.17) is 0 Å². The minimum atomic E-state index is -0.885. The number of carbonyl (C=O) groups is 1. The summed E-state index contributed by atoms with van der Waals surface area (Å²) in [5.74, 6) is -0.621. The molecule has 2 N–H and O–H groups in total. The molecule has 0 heterocycles. The van der Waals surface area contributed by atoms with Crippen LogP contribution in [0.25, 0.3) is 0 Å². The predicted octanol–water partition coefficient (Wildman–Crippen LogP) is 1.37. The zero-order valence-electron chi connectivity index (χ0n) is 7.91. The van der Waals surface area contributed by atoms with E-state index in [0.29, 0.717) is 5.56 Å². The van der Waals surface area contributed by atoms with Crippen LogP contribution in [0.1, 0.15) is 11.7 Å². The van der Waals surface area contributed by atoms with Gasteiger partial charge in [-0.25, -0.2) is 4.39 Å². The molecule has 0 saturated carbocycles. The quantitative estimate of drug-likeness (QED) is 0.816. The van der Waals surface area contributed by atoms with Crippen molar-refractivity contribution in [2.24, 2.45) is 0 Å². The molecule has 1 aromatic carbocycles. The largest absolute Gasteiger partial charge is 0.387 e. The minimum absolute atomic E-state index is 0.0773. The smallest absolute Gasteiger partial charge is 0.230 e. The number of amides is 1. The number of nitrogens with one attached hydrogen (secondary N) is 1. The Bertz CT molecular complexity index is 346. The molecule has 82 valence electrons. The summed E-state index contributed by atoms with van der Waals surface area (Å²) in [7, 11) is 0. The molecule has 1 atom stereocenters. The van der Waals surface area contributed by atoms with Crippen LogP contribution in [0.4, 0.5) is 4.39 Å². The summed E-state index contributed by atoms with van der Waals surface area (Å²) in [6.07, 6.45) is -0.885. The molecule has 0 spiro atoms. The first kappa shape index (κ1) is 12.1. The van der Waals surface area contributed by atoms with Crippen molar-refractivity contribution >= 4 is 21.8 Å². The van der Waals surface area contributed by atoms with Gasteiger partial charge in [0.2, 0.25) is 5.91 Å². The number of aliphatic hydroxyl groups excluding tert-OH is 1. The number of hydrogen-bond acceptors (Lipinski definition) is 2. The summed E-state index contributed by atoms with van der Waals surface area (Å²) in [5.41, 5.74) is 0.449. The Balaban J connectivity index is 2.53. The fraction of sp³-hybridized carbons (Fsp3) is 0.300. The molecule has 3 nitrogen and oxygen atoms in total. The molecule has 0 saturated heterocycles. The van der Waals surface area contributed by atoms with Gasteiger partial charge in [-0.2, -0.15) is 0 Å². The van der Waals surface area contributed by atoms with E-state index in [0.717, 1.165) is 0 Å². The van der Waals surface area contributed by atoms with Crippen LogP contribution in [0.5, 0.6) is 0 Å². The molecule has 1 rings (SSSR count). The predicted molar refractivity (Wildman–Crippen MR) is 58.2 cm³/mol. The van der Waals surface area contributed by atoms with E-state index in [9.17, 15) is 14.3 Å². The second-order valence-electron chi connectivity index (χ2n) is 3.01. The van der Waals surface area contributed by atoms with Crippen molar-refractivity contribution < 1.29 is 14.3 Å². The third-order valence-corrected chi connectivity index (χ3v) is 2.36. The monoisotopic (exact) mass is 275 g/mol. The maximum Gasteiger partial charge on any atom is 0.230 e. The van der Waals surface area contributed by atoms with E-state index in [-0.39, 0.29) is 17.8 Å². The normalized spacial score (nSPS) is 12.2. The number of halogens is 2. The Morgan fingerprint density at radius 1 is 1.60 bits per heavy atom. The topological polar surface area (TPSA) is 49.3 Å². The second kappa shape index (κ2) is 5.82. The summed E-state index contributed by atoms with van der Waals surface area (Å²) in [5, 5.41) is 12.3. The van der Waals surface area contributed by atoms with Crippen molar-refractivity contribution in [3.05, 3.63) is 35.6 Å². The first-order chi connectivity index (χ1) is 7.13. The van der Waals surface area contributed by atoms with Gasteiger partial charge >= 0.3 is 0 Å². The molecule has 0 aliphatic rings. The molecule has 0 bridgehead atoms. The highest BCUT2D eigenvalue weighted by atomic mass is 79.9. The summed E-state index contributed by atoms with van der Waals surface area (Å²) >= 11 is 2.98. The third-order valence-electron chi connectivity index (χ3n) is 1.85. The lowest BCUT2D eigenvalue weighted by molar-refractivity contribution is -0.118. The van der Waals surface area contributed by atoms with Crippen LogP contribution in [0.15, 0.2) is 24.3 Å². The van der Waals surface area contributed by atoms with Crippen molar-refractivity contribution in [1.29, 1.82) is 0 Å². The van der Waals surface area contributed by atoms with E-state index >= 15 is 0 Å². The Labute approximate surface area is 95.4 Å². The van der Waals surface area contributed by atoms with Crippen molar-refractivity contribution in [3.63, 3.8) is 0 Å². The Hall–Kier alpha value is -0.940. The van der Waals surface area contributed by atoms with Crippen LogP contribution in [0.3, 0.4) is 0 Å². The average Bonchev–Trinajstić information content (AvgIpc) is 2.25. The standard InChI is InChI=1S/C10H11BrFNO2/c11-5-10(15)13-6-9(14)7-2-1-3-8(12)4-7/h1-4,9,14H,5-6H2,(H,13,15)/t9-/m1/s1. The van der Waals surface area contributed by atoms with E-state index in [1.165, 1.54) is 18.2 Å². The SMILES string of the molecule is O=C(CBr)NC[C@@H](O)c1cccc(F)c1. The third kappa shape index (κ3) is 3.97. The number of benzene rings is 1. The average molecular weight is 276 g/mol. The van der Waals surface area contributed by atoms with Crippen LogP contribution in [0.2, 0.25) is 0 Å². The summed E-state index contributed by atoms with van der Waals surface area (Å²) < 4.78 is 12.8. The maximum atomic E-state index is 12.8. The number of carbonyl (C=O) groups excluding carboxylic acids is 1. The lowest BCUT2D eigenvalue weighted by Gasteiger charge is -2.11. The fourth-order valence-corrected chi connectivity index (χ4v) is 1.29. The number of hydrogen-bond donors (Lipinski definition) is 2. The highest BCUT2D eigenvalue weighted by Crippen LogP contribution is 2.12. The Kier molecular flexibility index (Phi) is 4.71. The molecule has 0 aliphatic carbocycles. The molecule has 1 amide bonds. The molecule has 15 heavy (non-hydrogen) atoms. The Morgan fingerprint density at radius 2 is 2.33 bits per heavy atom. The highest BCUT2D eigenvalue weighted by molar-refractivity contribution is 9.09.